The van der Waals surface area contributed by atoms with E-state index in [1.54, 1.807) is 0 Å². The maximum atomic E-state index is 10.6. The number of carboxylic acid groups (broad SMARTS) is 1. The lowest BCUT2D eigenvalue weighted by Gasteiger charge is -2.13. The van der Waals surface area contributed by atoms with Crippen LogP contribution in [0.25, 0.3) is 10.8 Å². The highest BCUT2D eigenvalue weighted by molar-refractivity contribution is 5.87. The summed E-state index contributed by atoms with van der Waals surface area (Å²) in [7, 11) is 1.85. The van der Waals surface area contributed by atoms with Crippen molar-refractivity contribution >= 4 is 16.7 Å². The van der Waals surface area contributed by atoms with Crippen molar-refractivity contribution in [2.75, 3.05) is 13.7 Å². The molecule has 0 heterocycles. The Hall–Kier alpha value is -2.07. The Kier molecular flexibility index (Phi) is 3.79. The van der Waals surface area contributed by atoms with Gasteiger partial charge in [0.05, 0.1) is 0 Å². The minimum Gasteiger partial charge on any atom is -0.482 e. The molecule has 2 N–H and O–H groups in total. The number of rotatable bonds is 5. The van der Waals surface area contributed by atoms with Gasteiger partial charge in [0, 0.05) is 12.1 Å². The zero-order valence-electron chi connectivity index (χ0n) is 10.1. The van der Waals surface area contributed by atoms with Gasteiger partial charge in [0.15, 0.2) is 6.61 Å². The van der Waals surface area contributed by atoms with Crippen LogP contribution in [-0.4, -0.2) is 24.7 Å². The normalized spacial score (nSPS) is 10.5. The molecule has 0 saturated heterocycles. The Bertz CT molecular complexity index is 566. The second-order valence-electron chi connectivity index (χ2n) is 3.98. The summed E-state index contributed by atoms with van der Waals surface area (Å²) in [5, 5.41) is 13.9. The number of benzene rings is 2. The van der Waals surface area contributed by atoms with Crippen LogP contribution < -0.4 is 10.1 Å². The number of carbonyl (C=O) groups is 1. The summed E-state index contributed by atoms with van der Waals surface area (Å²) in [6.45, 7) is 0.311. The molecule has 0 aliphatic carbocycles. The van der Waals surface area contributed by atoms with Crippen LogP contribution >= 0.6 is 0 Å². The summed E-state index contributed by atoms with van der Waals surface area (Å²) in [5.41, 5.74) is 0.983. The van der Waals surface area contributed by atoms with Crippen molar-refractivity contribution in [2.24, 2.45) is 0 Å². The van der Waals surface area contributed by atoms with Gasteiger partial charge in [-0.15, -0.1) is 0 Å². The molecule has 4 heteroatoms. The monoisotopic (exact) mass is 245 g/mol. The van der Waals surface area contributed by atoms with Gasteiger partial charge in [0.25, 0.3) is 0 Å². The zero-order valence-corrected chi connectivity index (χ0v) is 10.1. The van der Waals surface area contributed by atoms with E-state index in [1.165, 1.54) is 0 Å². The predicted molar refractivity (Wildman–Crippen MR) is 69.8 cm³/mol. The lowest BCUT2D eigenvalue weighted by Crippen LogP contribution is -2.13. The Morgan fingerprint density at radius 3 is 2.78 bits per heavy atom. The predicted octanol–water partition coefficient (Wildman–Crippen LogP) is 2.02. The van der Waals surface area contributed by atoms with Crippen molar-refractivity contribution in [3.63, 3.8) is 0 Å². The molecule has 0 radical (unpaired) electrons. The molecule has 0 spiro atoms. The molecule has 0 amide bonds. The highest BCUT2D eigenvalue weighted by Gasteiger charge is 2.09. The third kappa shape index (κ3) is 2.60. The number of fused-ring (bicyclic) bond motifs is 1. The van der Waals surface area contributed by atoms with E-state index in [1.807, 2.05) is 43.4 Å². The van der Waals surface area contributed by atoms with E-state index in [2.05, 4.69) is 5.32 Å². The topological polar surface area (TPSA) is 58.6 Å². The minimum absolute atomic E-state index is 0.324. The van der Waals surface area contributed by atoms with E-state index < -0.39 is 5.97 Å². The quantitative estimate of drug-likeness (QED) is 0.846. The van der Waals surface area contributed by atoms with Crippen molar-refractivity contribution in [2.45, 2.75) is 6.54 Å². The number of nitrogens with one attached hydrogen (secondary N) is 1. The van der Waals surface area contributed by atoms with Gasteiger partial charge >= 0.3 is 5.97 Å². The van der Waals surface area contributed by atoms with E-state index >= 15 is 0 Å². The number of hydrogen-bond acceptors (Lipinski definition) is 3. The summed E-state index contributed by atoms with van der Waals surface area (Å²) < 4.78 is 5.32. The summed E-state index contributed by atoms with van der Waals surface area (Å²) in [6.07, 6.45) is 0. The Labute approximate surface area is 105 Å². The molecule has 4 nitrogen and oxygen atoms in total. The van der Waals surface area contributed by atoms with E-state index in [-0.39, 0.29) is 6.61 Å². The maximum absolute atomic E-state index is 10.6. The number of carboxylic acids is 1. The average molecular weight is 245 g/mol. The Morgan fingerprint density at radius 1 is 1.28 bits per heavy atom. The molecule has 0 fully saturated rings. The van der Waals surface area contributed by atoms with Crippen molar-refractivity contribution in [1.82, 2.24) is 5.32 Å². The molecular formula is C14H15NO3. The number of ether oxygens (including phenoxy) is 1. The molecule has 94 valence electrons. The second kappa shape index (κ2) is 5.51. The fourth-order valence-corrected chi connectivity index (χ4v) is 1.95. The van der Waals surface area contributed by atoms with Crippen molar-refractivity contribution in [1.29, 1.82) is 0 Å². The molecule has 0 aliphatic rings. The van der Waals surface area contributed by atoms with Crippen LogP contribution in [0.2, 0.25) is 0 Å². The minimum atomic E-state index is -0.974. The van der Waals surface area contributed by atoms with Crippen molar-refractivity contribution in [3.8, 4) is 5.75 Å². The molecule has 2 aromatic rings. The molecule has 0 bridgehead atoms. The molecule has 0 aliphatic heterocycles. The first kappa shape index (κ1) is 12.4. The Morgan fingerprint density at radius 2 is 2.06 bits per heavy atom. The summed E-state index contributed by atoms with van der Waals surface area (Å²) in [6, 6.07) is 11.7. The van der Waals surface area contributed by atoms with E-state index in [9.17, 15) is 4.79 Å². The van der Waals surface area contributed by atoms with Crippen molar-refractivity contribution in [3.05, 3.63) is 42.0 Å². The van der Waals surface area contributed by atoms with Gasteiger partial charge < -0.3 is 15.2 Å². The molecular weight excluding hydrogens is 230 g/mol. The van der Waals surface area contributed by atoms with Gasteiger partial charge in [-0.2, -0.15) is 0 Å². The maximum Gasteiger partial charge on any atom is 0.341 e. The van der Waals surface area contributed by atoms with Crippen LogP contribution in [0, 0.1) is 0 Å². The SMILES string of the molecule is CNCc1c(OCC(=O)O)ccc2ccccc12. The van der Waals surface area contributed by atoms with Crippen LogP contribution in [0.4, 0.5) is 0 Å². The summed E-state index contributed by atoms with van der Waals surface area (Å²) in [4.78, 5) is 10.6. The fraction of sp³-hybridized carbons (Fsp3) is 0.214. The summed E-state index contributed by atoms with van der Waals surface area (Å²) >= 11 is 0. The van der Waals surface area contributed by atoms with E-state index in [0.717, 1.165) is 16.3 Å². The smallest absolute Gasteiger partial charge is 0.341 e. The van der Waals surface area contributed by atoms with Gasteiger partial charge in [0.2, 0.25) is 0 Å². The molecule has 2 aromatic carbocycles. The van der Waals surface area contributed by atoms with Crippen LogP contribution in [0.15, 0.2) is 36.4 Å². The molecule has 0 aromatic heterocycles. The third-order valence-electron chi connectivity index (χ3n) is 2.70. The van der Waals surface area contributed by atoms with Crippen molar-refractivity contribution < 1.29 is 14.6 Å². The first-order valence-corrected chi connectivity index (χ1v) is 5.72. The lowest BCUT2D eigenvalue weighted by molar-refractivity contribution is -0.139. The van der Waals surface area contributed by atoms with Gasteiger partial charge in [-0.3, -0.25) is 0 Å². The molecule has 0 unspecified atom stereocenters. The van der Waals surface area contributed by atoms with Crippen LogP contribution in [0.3, 0.4) is 0 Å². The van der Waals surface area contributed by atoms with Gasteiger partial charge in [-0.05, 0) is 23.9 Å². The average Bonchev–Trinajstić information content (AvgIpc) is 2.38. The molecule has 18 heavy (non-hydrogen) atoms. The zero-order chi connectivity index (χ0) is 13.0. The first-order chi connectivity index (χ1) is 8.72. The highest BCUT2D eigenvalue weighted by atomic mass is 16.5. The van der Waals surface area contributed by atoms with Crippen LogP contribution in [0.1, 0.15) is 5.56 Å². The van der Waals surface area contributed by atoms with Crippen LogP contribution in [-0.2, 0) is 11.3 Å². The lowest BCUT2D eigenvalue weighted by atomic mass is 10.0. The largest absolute Gasteiger partial charge is 0.482 e. The second-order valence-corrected chi connectivity index (χ2v) is 3.98. The third-order valence-corrected chi connectivity index (χ3v) is 2.70. The van der Waals surface area contributed by atoms with Gasteiger partial charge in [0.1, 0.15) is 5.75 Å². The van der Waals surface area contributed by atoms with E-state index in [0.29, 0.717) is 12.3 Å². The molecule has 0 saturated carbocycles. The standard InChI is InChI=1S/C14H15NO3/c1-15-8-12-11-5-3-2-4-10(11)6-7-13(12)18-9-14(16)17/h2-7,15H,8-9H2,1H3,(H,16,17). The number of aliphatic carboxylic acids is 1. The highest BCUT2D eigenvalue weighted by Crippen LogP contribution is 2.27. The Balaban J connectivity index is 2.44. The molecule has 0 atom stereocenters. The molecule has 2 rings (SSSR count). The first-order valence-electron chi connectivity index (χ1n) is 5.72. The fourth-order valence-electron chi connectivity index (χ4n) is 1.95. The van der Waals surface area contributed by atoms with Crippen LogP contribution in [0.5, 0.6) is 5.75 Å². The number of hydrogen-bond donors (Lipinski definition) is 2. The van der Waals surface area contributed by atoms with Gasteiger partial charge in [-0.25, -0.2) is 4.79 Å². The van der Waals surface area contributed by atoms with Gasteiger partial charge in [-0.1, -0.05) is 30.3 Å². The summed E-state index contributed by atoms with van der Waals surface area (Å²) in [5.74, 6) is -0.357. The van der Waals surface area contributed by atoms with E-state index in [4.69, 9.17) is 9.84 Å².